The third-order valence-corrected chi connectivity index (χ3v) is 4.98. The van der Waals surface area contributed by atoms with Gasteiger partial charge >= 0.3 is 0 Å². The molecule has 122 valence electrons. The summed E-state index contributed by atoms with van der Waals surface area (Å²) in [6.45, 7) is 4.61. The van der Waals surface area contributed by atoms with Crippen LogP contribution in [0.25, 0.3) is 11.0 Å². The standard InChI is InChI=1S/C17H21N3O3/c1-12-18-14-11-13(3-4-15(14)19(12)2)16(21)20-7-5-17(6-8-20)22-9-10-23-17/h3-4,11H,5-10H2,1-2H3. The first-order valence-electron chi connectivity index (χ1n) is 8.08. The van der Waals surface area contributed by atoms with E-state index in [0.29, 0.717) is 31.9 Å². The van der Waals surface area contributed by atoms with Gasteiger partial charge in [0, 0.05) is 38.5 Å². The Labute approximate surface area is 135 Å². The molecule has 1 aromatic heterocycles. The molecule has 2 aliphatic rings. The fourth-order valence-corrected chi connectivity index (χ4v) is 3.47. The number of aromatic nitrogens is 2. The smallest absolute Gasteiger partial charge is 0.253 e. The van der Waals surface area contributed by atoms with Crippen LogP contribution in [0.1, 0.15) is 29.0 Å². The molecule has 0 radical (unpaired) electrons. The molecule has 2 aromatic rings. The number of imidazole rings is 1. The predicted octanol–water partition coefficient (Wildman–Crippen LogP) is 1.86. The lowest BCUT2D eigenvalue weighted by Gasteiger charge is -2.37. The second kappa shape index (κ2) is 5.32. The van der Waals surface area contributed by atoms with Gasteiger partial charge in [0.15, 0.2) is 5.79 Å². The number of fused-ring (bicyclic) bond motifs is 1. The maximum atomic E-state index is 12.7. The summed E-state index contributed by atoms with van der Waals surface area (Å²) in [6, 6.07) is 5.74. The lowest BCUT2D eigenvalue weighted by molar-refractivity contribution is -0.181. The summed E-state index contributed by atoms with van der Waals surface area (Å²) in [5.41, 5.74) is 2.61. The molecule has 0 bridgehead atoms. The van der Waals surface area contributed by atoms with Gasteiger partial charge in [-0.1, -0.05) is 0 Å². The van der Waals surface area contributed by atoms with Crippen molar-refractivity contribution in [2.24, 2.45) is 7.05 Å². The third kappa shape index (κ3) is 2.42. The number of carbonyl (C=O) groups excluding carboxylic acids is 1. The number of rotatable bonds is 1. The van der Waals surface area contributed by atoms with Crippen LogP contribution in [0.4, 0.5) is 0 Å². The summed E-state index contributed by atoms with van der Waals surface area (Å²) >= 11 is 0. The maximum Gasteiger partial charge on any atom is 0.253 e. The Kier molecular flexibility index (Phi) is 3.39. The molecule has 4 rings (SSSR count). The number of aryl methyl sites for hydroxylation is 2. The number of benzene rings is 1. The van der Waals surface area contributed by atoms with Crippen molar-refractivity contribution in [3.8, 4) is 0 Å². The molecule has 3 heterocycles. The second-order valence-corrected chi connectivity index (χ2v) is 6.32. The van der Waals surface area contributed by atoms with Gasteiger partial charge < -0.3 is 18.9 Å². The molecule has 23 heavy (non-hydrogen) atoms. The van der Waals surface area contributed by atoms with Gasteiger partial charge in [0.1, 0.15) is 5.82 Å². The Hall–Kier alpha value is -1.92. The molecule has 1 spiro atoms. The van der Waals surface area contributed by atoms with Crippen molar-refractivity contribution in [2.45, 2.75) is 25.6 Å². The van der Waals surface area contributed by atoms with E-state index in [2.05, 4.69) is 4.98 Å². The highest BCUT2D eigenvalue weighted by Crippen LogP contribution is 2.31. The lowest BCUT2D eigenvalue weighted by atomic mass is 10.0. The van der Waals surface area contributed by atoms with Crippen LogP contribution >= 0.6 is 0 Å². The van der Waals surface area contributed by atoms with E-state index in [1.807, 2.05) is 41.6 Å². The van der Waals surface area contributed by atoms with Gasteiger partial charge in [0.25, 0.3) is 5.91 Å². The summed E-state index contributed by atoms with van der Waals surface area (Å²) in [5.74, 6) is 0.557. The number of piperidine rings is 1. The largest absolute Gasteiger partial charge is 0.347 e. The van der Waals surface area contributed by atoms with Crippen LogP contribution in [0.5, 0.6) is 0 Å². The Morgan fingerprint density at radius 3 is 2.61 bits per heavy atom. The van der Waals surface area contributed by atoms with Crippen molar-refractivity contribution < 1.29 is 14.3 Å². The molecular weight excluding hydrogens is 294 g/mol. The average molecular weight is 315 g/mol. The van der Waals surface area contributed by atoms with E-state index < -0.39 is 5.79 Å². The highest BCUT2D eigenvalue weighted by atomic mass is 16.7. The van der Waals surface area contributed by atoms with Crippen LogP contribution in [0.15, 0.2) is 18.2 Å². The molecule has 2 saturated heterocycles. The SMILES string of the molecule is Cc1nc2cc(C(=O)N3CCC4(CC3)OCCO4)ccc2n1C. The van der Waals surface area contributed by atoms with Crippen molar-refractivity contribution in [1.82, 2.24) is 14.5 Å². The molecule has 1 amide bonds. The van der Waals surface area contributed by atoms with Gasteiger partial charge in [0.05, 0.1) is 24.2 Å². The van der Waals surface area contributed by atoms with Gasteiger partial charge in [-0.25, -0.2) is 4.98 Å². The third-order valence-electron chi connectivity index (χ3n) is 4.98. The molecule has 0 saturated carbocycles. The maximum absolute atomic E-state index is 12.7. The Morgan fingerprint density at radius 2 is 1.91 bits per heavy atom. The van der Waals surface area contributed by atoms with Crippen LogP contribution in [0.2, 0.25) is 0 Å². The van der Waals surface area contributed by atoms with E-state index >= 15 is 0 Å². The van der Waals surface area contributed by atoms with E-state index in [-0.39, 0.29) is 5.91 Å². The van der Waals surface area contributed by atoms with Crippen LogP contribution in [-0.4, -0.2) is 52.4 Å². The predicted molar refractivity (Wildman–Crippen MR) is 85.2 cm³/mol. The Morgan fingerprint density at radius 1 is 1.22 bits per heavy atom. The number of carbonyl (C=O) groups is 1. The first-order valence-corrected chi connectivity index (χ1v) is 8.08. The lowest BCUT2D eigenvalue weighted by Crippen LogP contribution is -2.47. The zero-order chi connectivity index (χ0) is 16.0. The van der Waals surface area contributed by atoms with Crippen molar-refractivity contribution >= 4 is 16.9 Å². The summed E-state index contributed by atoms with van der Waals surface area (Å²) < 4.78 is 13.5. The quantitative estimate of drug-likeness (QED) is 0.806. The van der Waals surface area contributed by atoms with Crippen LogP contribution < -0.4 is 0 Å². The molecule has 2 fully saturated rings. The zero-order valence-corrected chi connectivity index (χ0v) is 13.5. The van der Waals surface area contributed by atoms with E-state index in [9.17, 15) is 4.79 Å². The first-order chi connectivity index (χ1) is 11.1. The van der Waals surface area contributed by atoms with Gasteiger partial charge in [-0.2, -0.15) is 0 Å². The molecule has 0 atom stereocenters. The summed E-state index contributed by atoms with van der Waals surface area (Å²) in [5, 5.41) is 0. The van der Waals surface area contributed by atoms with Gasteiger partial charge in [-0.05, 0) is 25.1 Å². The fourth-order valence-electron chi connectivity index (χ4n) is 3.47. The number of amides is 1. The van der Waals surface area contributed by atoms with E-state index in [1.54, 1.807) is 0 Å². The molecule has 6 nitrogen and oxygen atoms in total. The molecule has 0 aliphatic carbocycles. The van der Waals surface area contributed by atoms with Gasteiger partial charge in [-0.15, -0.1) is 0 Å². The minimum atomic E-state index is -0.446. The Balaban J connectivity index is 1.53. The first kappa shape index (κ1) is 14.7. The molecule has 1 aromatic carbocycles. The molecule has 0 unspecified atom stereocenters. The second-order valence-electron chi connectivity index (χ2n) is 6.32. The summed E-state index contributed by atoms with van der Waals surface area (Å²) in [6.07, 6.45) is 1.48. The van der Waals surface area contributed by atoms with Crippen LogP contribution in [0, 0.1) is 6.92 Å². The van der Waals surface area contributed by atoms with Crippen LogP contribution in [-0.2, 0) is 16.5 Å². The van der Waals surface area contributed by atoms with E-state index in [4.69, 9.17) is 9.47 Å². The molecular formula is C17H21N3O3. The van der Waals surface area contributed by atoms with Gasteiger partial charge in [-0.3, -0.25) is 4.79 Å². The minimum absolute atomic E-state index is 0.0584. The fraction of sp³-hybridized carbons (Fsp3) is 0.529. The summed E-state index contributed by atoms with van der Waals surface area (Å²) in [4.78, 5) is 19.1. The zero-order valence-electron chi connectivity index (χ0n) is 13.5. The molecule has 0 N–H and O–H groups in total. The monoisotopic (exact) mass is 315 g/mol. The van der Waals surface area contributed by atoms with Crippen molar-refractivity contribution in [3.05, 3.63) is 29.6 Å². The van der Waals surface area contributed by atoms with Crippen molar-refractivity contribution in [2.75, 3.05) is 26.3 Å². The normalized spacial score (nSPS) is 20.5. The molecule has 6 heteroatoms. The van der Waals surface area contributed by atoms with Gasteiger partial charge in [0.2, 0.25) is 0 Å². The topological polar surface area (TPSA) is 56.6 Å². The number of likely N-dealkylation sites (tertiary alicyclic amines) is 1. The minimum Gasteiger partial charge on any atom is -0.347 e. The van der Waals surface area contributed by atoms with E-state index in [0.717, 1.165) is 29.7 Å². The number of hydrogen-bond donors (Lipinski definition) is 0. The van der Waals surface area contributed by atoms with E-state index in [1.165, 1.54) is 0 Å². The van der Waals surface area contributed by atoms with Crippen molar-refractivity contribution in [3.63, 3.8) is 0 Å². The Bertz CT molecular complexity index is 752. The highest BCUT2D eigenvalue weighted by Gasteiger charge is 2.40. The number of hydrogen-bond acceptors (Lipinski definition) is 4. The highest BCUT2D eigenvalue weighted by molar-refractivity contribution is 5.97. The summed E-state index contributed by atoms with van der Waals surface area (Å²) in [7, 11) is 1.98. The van der Waals surface area contributed by atoms with Crippen molar-refractivity contribution in [1.29, 1.82) is 0 Å². The van der Waals surface area contributed by atoms with Crippen LogP contribution in [0.3, 0.4) is 0 Å². The molecule has 2 aliphatic heterocycles. The number of ether oxygens (including phenoxy) is 2. The number of nitrogens with zero attached hydrogens (tertiary/aromatic N) is 3. The average Bonchev–Trinajstić information content (AvgIpc) is 3.13.